The summed E-state index contributed by atoms with van der Waals surface area (Å²) >= 11 is 0. The van der Waals surface area contributed by atoms with Crippen molar-refractivity contribution in [1.29, 1.82) is 0 Å². The summed E-state index contributed by atoms with van der Waals surface area (Å²) in [6.07, 6.45) is 0. The topological polar surface area (TPSA) is 23.3 Å². The second-order valence-corrected chi connectivity index (χ2v) is 24.7. The molecule has 2 amide bonds. The molecule has 1 aliphatic heterocycles. The first-order chi connectivity index (χ1) is 32.7. The van der Waals surface area contributed by atoms with Crippen molar-refractivity contribution in [3.63, 3.8) is 0 Å². The van der Waals surface area contributed by atoms with E-state index in [0.717, 1.165) is 0 Å². The normalized spacial score (nSPS) is 22.8. The van der Waals surface area contributed by atoms with Crippen LogP contribution >= 0.6 is 0 Å². The zero-order valence-corrected chi connectivity index (χ0v) is 33.8. The molecule has 0 aromatic heterocycles. The van der Waals surface area contributed by atoms with Gasteiger partial charge >= 0.3 is 6.03 Å². The Bertz CT molecular complexity index is 6530. The van der Waals surface area contributed by atoms with Gasteiger partial charge in [0, 0.05) is 36.3 Å². The van der Waals surface area contributed by atoms with E-state index < -0.39 is 11.1 Å². The first kappa shape index (κ1) is 23.6. The van der Waals surface area contributed by atoms with Gasteiger partial charge in [0.1, 0.15) is 11.1 Å². The third kappa shape index (κ3) is 1.14. The van der Waals surface area contributed by atoms with E-state index in [0.29, 0.717) is 0 Å². The number of carbonyl (C=O) groups excluding carboxylic acids is 1. The minimum atomic E-state index is -0.584. The molecule has 66 heavy (non-hydrogen) atoms. The van der Waals surface area contributed by atoms with Gasteiger partial charge in [0.05, 0.1) is 0 Å². The Morgan fingerprint density at radius 3 is 0.439 bits per heavy atom. The second-order valence-electron chi connectivity index (χ2n) is 24.7. The maximum atomic E-state index is 16.0. The number of benzene rings is 18. The van der Waals surface area contributed by atoms with Crippen LogP contribution in [-0.2, 0) is 11.1 Å². The van der Waals surface area contributed by atoms with Crippen molar-refractivity contribution in [3.05, 3.63) is 22.3 Å². The number of hydrogen-bond acceptors (Lipinski definition) is 1. The highest BCUT2D eigenvalue weighted by molar-refractivity contribution is 6.82. The molecule has 28 aromatic carbocycles. The average Bonchev–Trinajstić information content (AvgIpc) is 4.18. The van der Waals surface area contributed by atoms with Crippen molar-refractivity contribution in [2.75, 3.05) is 14.1 Å². The van der Waals surface area contributed by atoms with Crippen molar-refractivity contribution in [1.82, 2.24) is 9.80 Å². The molecule has 3 heteroatoms. The maximum Gasteiger partial charge on any atom is 0.321 e. The molecular formula is C63H6N2O. The summed E-state index contributed by atoms with van der Waals surface area (Å²) in [7, 11) is 4.07. The summed E-state index contributed by atoms with van der Waals surface area (Å²) in [6, 6.07) is 0.185. The van der Waals surface area contributed by atoms with E-state index in [-0.39, 0.29) is 6.03 Å². The molecule has 1 saturated heterocycles. The van der Waals surface area contributed by atoms with Crippen LogP contribution in [0.1, 0.15) is 22.3 Å². The largest absolute Gasteiger partial charge is 0.331 e. The molecular weight excluding hydrogens is 801 g/mol. The lowest BCUT2D eigenvalue weighted by molar-refractivity contribution is 0.194. The van der Waals surface area contributed by atoms with Crippen LogP contribution in [0.2, 0.25) is 0 Å². The second kappa shape index (κ2) is 5.05. The smallest absolute Gasteiger partial charge is 0.321 e. The van der Waals surface area contributed by atoms with Gasteiger partial charge in [-0.05, 0) is 291 Å². The Hall–Kier alpha value is -8.27. The van der Waals surface area contributed by atoms with Crippen LogP contribution in [0.5, 0.6) is 0 Å². The predicted octanol–water partition coefficient (Wildman–Crippen LogP) is 16.2. The molecule has 1 heterocycles. The van der Waals surface area contributed by atoms with E-state index in [1.165, 1.54) is 22.3 Å². The fourth-order valence-corrected chi connectivity index (χ4v) is 24.5. The van der Waals surface area contributed by atoms with Crippen LogP contribution in [-0.4, -0.2) is 29.9 Å². The standard InChI is InChI=1S/C63H6N2O/c1-64(2)61(66)65-62-57-49-41-31-21-13-5-3-4-7-11-9(5)17-25-19(11)29-23-15(7)16-8(4)12-10-6(3)14(13)22-28-18(10)26-20(12)30-24(16)34-33(23)43-37(29)47-39(25)45(35(41)27(17)21)53(57)55(47)59-51(43)52-44(34)38(30)48-40(26)46-36(28)42(32(22)31)50(49)58(62)54(46)56(48)60(52)63(59,62)65/h1-2H3. The van der Waals surface area contributed by atoms with E-state index in [9.17, 15) is 0 Å². The van der Waals surface area contributed by atoms with Gasteiger partial charge in [0.25, 0.3) is 0 Å². The first-order valence-corrected chi connectivity index (χ1v) is 24.5. The third-order valence-corrected chi connectivity index (χ3v) is 24.4. The molecule has 5 aliphatic rings. The molecule has 1 fully saturated rings. The Labute approximate surface area is 357 Å². The molecule has 0 atom stereocenters. The van der Waals surface area contributed by atoms with E-state index in [2.05, 4.69) is 4.90 Å². The predicted molar refractivity (Wildman–Crippen MR) is 275 cm³/mol. The van der Waals surface area contributed by atoms with E-state index in [4.69, 9.17) is 0 Å². The van der Waals surface area contributed by atoms with Gasteiger partial charge < -0.3 is 4.90 Å². The van der Waals surface area contributed by atoms with Crippen LogP contribution in [0.15, 0.2) is 0 Å². The maximum absolute atomic E-state index is 16.0. The van der Waals surface area contributed by atoms with Gasteiger partial charge in [-0.2, -0.15) is 0 Å². The molecule has 28 aromatic rings. The van der Waals surface area contributed by atoms with Crippen molar-refractivity contribution in [3.8, 4) is 0 Å². The zero-order valence-electron chi connectivity index (χ0n) is 33.8. The van der Waals surface area contributed by atoms with Crippen molar-refractivity contribution in [2.45, 2.75) is 11.1 Å². The Morgan fingerprint density at radius 1 is 0.227 bits per heavy atom. The molecule has 4 aliphatic carbocycles. The summed E-state index contributed by atoms with van der Waals surface area (Å²) in [4.78, 5) is 20.6. The summed E-state index contributed by atoms with van der Waals surface area (Å²) in [5.41, 5.74) is 4.97. The molecule has 0 saturated carbocycles. The van der Waals surface area contributed by atoms with Gasteiger partial charge in [0.15, 0.2) is 0 Å². The van der Waals surface area contributed by atoms with Gasteiger partial charge in [0.2, 0.25) is 0 Å². The number of nitrogens with zero attached hydrogens (tertiary/aromatic N) is 2. The number of carbonyl (C=O) groups is 1. The lowest BCUT2D eigenvalue weighted by Crippen LogP contribution is -2.32. The summed E-state index contributed by atoms with van der Waals surface area (Å²) < 4.78 is 0. The van der Waals surface area contributed by atoms with Gasteiger partial charge in [-0.1, -0.05) is 0 Å². The minimum Gasteiger partial charge on any atom is -0.331 e. The molecule has 0 bridgehead atoms. The molecule has 0 unspecified atom stereocenters. The van der Waals surface area contributed by atoms with Crippen LogP contribution in [0, 0.1) is 0 Å². The van der Waals surface area contributed by atoms with Crippen LogP contribution in [0.25, 0.3) is 291 Å². The molecule has 33 rings (SSSR count). The monoisotopic (exact) mass is 806 g/mol. The van der Waals surface area contributed by atoms with E-state index >= 15 is 4.79 Å². The third-order valence-electron chi connectivity index (χ3n) is 24.4. The van der Waals surface area contributed by atoms with E-state index in [1.54, 1.807) is 291 Å². The van der Waals surface area contributed by atoms with Crippen molar-refractivity contribution in [2.24, 2.45) is 0 Å². The highest BCUT2D eigenvalue weighted by Gasteiger charge is 2.88. The summed E-state index contributed by atoms with van der Waals surface area (Å²) in [6.45, 7) is 0. The molecule has 0 radical (unpaired) electrons. The van der Waals surface area contributed by atoms with Gasteiger partial charge in [-0.3, -0.25) is 4.90 Å². The fraction of sp³-hybridized carbons (Fsp3) is 0.0635. The number of urea groups is 1. The summed E-state index contributed by atoms with van der Waals surface area (Å²) in [5.74, 6) is 0. The Balaban J connectivity index is 1.25. The highest BCUT2D eigenvalue weighted by atomic mass is 16.2. The fourth-order valence-electron chi connectivity index (χ4n) is 24.5. The number of rotatable bonds is 0. The van der Waals surface area contributed by atoms with Crippen LogP contribution in [0.4, 0.5) is 4.79 Å². The Morgan fingerprint density at radius 2 is 0.333 bits per heavy atom. The Kier molecular flexibility index (Phi) is 1.81. The zero-order chi connectivity index (χ0) is 39.2. The van der Waals surface area contributed by atoms with Gasteiger partial charge in [-0.15, -0.1) is 0 Å². The molecule has 274 valence electrons. The van der Waals surface area contributed by atoms with Crippen LogP contribution in [0.3, 0.4) is 0 Å². The van der Waals surface area contributed by atoms with E-state index in [1.807, 2.05) is 19.0 Å². The molecule has 2 spiro atoms. The lowest BCUT2D eigenvalue weighted by atomic mass is 9.68. The van der Waals surface area contributed by atoms with Crippen molar-refractivity contribution < 1.29 is 4.79 Å². The lowest BCUT2D eigenvalue weighted by Gasteiger charge is -2.29. The first-order valence-electron chi connectivity index (χ1n) is 24.5. The molecule has 3 nitrogen and oxygen atoms in total. The highest BCUT2D eigenvalue weighted by Crippen LogP contribution is 2.90. The average molecular weight is 807 g/mol. The molecule has 0 N–H and O–H groups in total. The summed E-state index contributed by atoms with van der Waals surface area (Å²) in [5, 5.41) is 86.0. The van der Waals surface area contributed by atoms with Gasteiger partial charge in [-0.25, -0.2) is 4.79 Å². The van der Waals surface area contributed by atoms with Crippen molar-refractivity contribution >= 4 is 297 Å². The quantitative estimate of drug-likeness (QED) is 0.111. The SMILES string of the molecule is CN(C)C(=O)N1C23c4c5c6c7c8c9c(c%10c%11c2c2c4c4c%12c5c5c6c6c8c8c%13c9c9c%10c%10c%11c%11c2c2c4c4c%12c%12c5c5c6c8c6c8c%13c9c9c%10c%10c%11c2c2c4c4c%12c5c6c5c8c9c%10c2c45)C713. The van der Waals surface area contributed by atoms with Crippen LogP contribution < -0.4 is 0 Å². The number of amides is 2. The number of hydrogen-bond donors (Lipinski definition) is 0. The minimum absolute atomic E-state index is 0.185.